The Morgan fingerprint density at radius 2 is 2.08 bits per heavy atom. The number of rotatable bonds is 2. The second-order valence-electron chi connectivity index (χ2n) is 2.92. The molecule has 0 aromatic heterocycles. The van der Waals surface area contributed by atoms with E-state index in [1.807, 2.05) is 0 Å². The number of nitrogens with one attached hydrogen (secondary N) is 1. The first-order valence-corrected chi connectivity index (χ1v) is 4.89. The van der Waals surface area contributed by atoms with Gasteiger partial charge in [-0.25, -0.2) is 4.39 Å². The van der Waals surface area contributed by atoms with Gasteiger partial charge in [0.2, 0.25) is 0 Å². The molecule has 12 heavy (non-hydrogen) atoms. The molecule has 1 N–H and O–H groups in total. The molecule has 3 heteroatoms. The standard InChI is InChI=1S/C9H11FIN/c1-6(2)12-9-4-3-7(10)5-8(9)11/h3-6,12H,1-2H3. The van der Waals surface area contributed by atoms with Gasteiger partial charge in [0.25, 0.3) is 0 Å². The molecule has 0 atom stereocenters. The molecule has 0 saturated carbocycles. The van der Waals surface area contributed by atoms with Crippen molar-refractivity contribution < 1.29 is 4.39 Å². The van der Waals surface area contributed by atoms with Crippen LogP contribution in [0.25, 0.3) is 0 Å². The minimum atomic E-state index is -0.186. The van der Waals surface area contributed by atoms with Crippen LogP contribution in [-0.2, 0) is 0 Å². The van der Waals surface area contributed by atoms with Gasteiger partial charge in [0, 0.05) is 15.3 Å². The minimum absolute atomic E-state index is 0.186. The van der Waals surface area contributed by atoms with Crippen molar-refractivity contribution in [2.45, 2.75) is 19.9 Å². The van der Waals surface area contributed by atoms with Gasteiger partial charge in [0.05, 0.1) is 0 Å². The van der Waals surface area contributed by atoms with Crippen molar-refractivity contribution in [2.24, 2.45) is 0 Å². The van der Waals surface area contributed by atoms with Crippen LogP contribution in [0.1, 0.15) is 13.8 Å². The summed E-state index contributed by atoms with van der Waals surface area (Å²) >= 11 is 2.12. The Morgan fingerprint density at radius 3 is 2.58 bits per heavy atom. The highest BCUT2D eigenvalue weighted by atomic mass is 127. The number of benzene rings is 1. The molecule has 0 bridgehead atoms. The fraction of sp³-hybridized carbons (Fsp3) is 0.333. The Morgan fingerprint density at radius 1 is 1.42 bits per heavy atom. The molecule has 0 heterocycles. The average molecular weight is 279 g/mol. The van der Waals surface area contributed by atoms with Crippen LogP contribution in [0.3, 0.4) is 0 Å². The molecule has 0 aliphatic heterocycles. The lowest BCUT2D eigenvalue weighted by atomic mass is 10.3. The molecule has 1 aromatic carbocycles. The van der Waals surface area contributed by atoms with Crippen molar-refractivity contribution in [2.75, 3.05) is 5.32 Å². The van der Waals surface area contributed by atoms with Crippen LogP contribution in [0.15, 0.2) is 18.2 Å². The maximum atomic E-state index is 12.7. The van der Waals surface area contributed by atoms with Crippen molar-refractivity contribution in [1.29, 1.82) is 0 Å². The second kappa shape index (κ2) is 4.07. The summed E-state index contributed by atoms with van der Waals surface area (Å²) in [4.78, 5) is 0. The summed E-state index contributed by atoms with van der Waals surface area (Å²) < 4.78 is 13.6. The summed E-state index contributed by atoms with van der Waals surface area (Å²) in [5.41, 5.74) is 0.993. The zero-order valence-electron chi connectivity index (χ0n) is 7.07. The zero-order valence-corrected chi connectivity index (χ0v) is 9.22. The first kappa shape index (κ1) is 9.77. The fourth-order valence-corrected chi connectivity index (χ4v) is 1.55. The Balaban J connectivity index is 2.86. The SMILES string of the molecule is CC(C)Nc1ccc(F)cc1I. The normalized spacial score (nSPS) is 10.4. The molecule has 0 saturated heterocycles. The lowest BCUT2D eigenvalue weighted by molar-refractivity contribution is 0.627. The van der Waals surface area contributed by atoms with Crippen molar-refractivity contribution >= 4 is 28.3 Å². The summed E-state index contributed by atoms with van der Waals surface area (Å²) in [6, 6.07) is 5.12. The van der Waals surface area contributed by atoms with Crippen LogP contribution in [-0.4, -0.2) is 6.04 Å². The number of anilines is 1. The van der Waals surface area contributed by atoms with Crippen LogP contribution >= 0.6 is 22.6 Å². The molecule has 1 aromatic rings. The summed E-state index contributed by atoms with van der Waals surface area (Å²) in [6.07, 6.45) is 0. The van der Waals surface area contributed by atoms with E-state index in [0.29, 0.717) is 6.04 Å². The molecular weight excluding hydrogens is 268 g/mol. The van der Waals surface area contributed by atoms with Crippen LogP contribution in [0, 0.1) is 9.39 Å². The highest BCUT2D eigenvalue weighted by molar-refractivity contribution is 14.1. The predicted octanol–water partition coefficient (Wildman–Crippen LogP) is 3.25. The number of hydrogen-bond acceptors (Lipinski definition) is 1. The molecular formula is C9H11FIN. The van der Waals surface area contributed by atoms with Gasteiger partial charge in [-0.3, -0.25) is 0 Å². The Labute approximate surface area is 85.5 Å². The molecule has 66 valence electrons. The molecule has 0 unspecified atom stereocenters. The van der Waals surface area contributed by atoms with Gasteiger partial charge in [0.1, 0.15) is 5.82 Å². The number of halogens is 2. The fourth-order valence-electron chi connectivity index (χ4n) is 0.918. The third-order valence-corrected chi connectivity index (χ3v) is 2.27. The molecule has 0 fully saturated rings. The summed E-state index contributed by atoms with van der Waals surface area (Å²) in [5, 5.41) is 3.23. The van der Waals surface area contributed by atoms with Gasteiger partial charge in [-0.1, -0.05) is 0 Å². The molecule has 0 radical (unpaired) electrons. The molecule has 0 aliphatic carbocycles. The van der Waals surface area contributed by atoms with Gasteiger partial charge in [-0.15, -0.1) is 0 Å². The van der Waals surface area contributed by atoms with Crippen LogP contribution < -0.4 is 5.32 Å². The lowest BCUT2D eigenvalue weighted by Gasteiger charge is -2.11. The average Bonchev–Trinajstić information content (AvgIpc) is 1.94. The smallest absolute Gasteiger partial charge is 0.124 e. The highest BCUT2D eigenvalue weighted by Gasteiger charge is 2.01. The summed E-state index contributed by atoms with van der Waals surface area (Å²) in [7, 11) is 0. The van der Waals surface area contributed by atoms with Gasteiger partial charge in [-0.2, -0.15) is 0 Å². The zero-order chi connectivity index (χ0) is 9.14. The topological polar surface area (TPSA) is 12.0 Å². The maximum Gasteiger partial charge on any atom is 0.124 e. The maximum absolute atomic E-state index is 12.7. The molecule has 0 spiro atoms. The third kappa shape index (κ3) is 2.62. The number of hydrogen-bond donors (Lipinski definition) is 1. The van der Waals surface area contributed by atoms with Crippen molar-refractivity contribution in [3.05, 3.63) is 27.6 Å². The summed E-state index contributed by atoms with van der Waals surface area (Å²) in [6.45, 7) is 4.11. The van der Waals surface area contributed by atoms with Gasteiger partial charge < -0.3 is 5.32 Å². The lowest BCUT2D eigenvalue weighted by Crippen LogP contribution is -2.10. The first-order valence-electron chi connectivity index (χ1n) is 3.81. The van der Waals surface area contributed by atoms with E-state index in [1.54, 1.807) is 6.07 Å². The molecule has 1 nitrogen and oxygen atoms in total. The van der Waals surface area contributed by atoms with E-state index in [-0.39, 0.29) is 5.82 Å². The van der Waals surface area contributed by atoms with Crippen molar-refractivity contribution in [1.82, 2.24) is 0 Å². The van der Waals surface area contributed by atoms with E-state index in [9.17, 15) is 4.39 Å². The molecule has 0 aliphatic rings. The van der Waals surface area contributed by atoms with Gasteiger partial charge in [0.15, 0.2) is 0 Å². The van der Waals surface area contributed by atoms with Crippen molar-refractivity contribution in [3.63, 3.8) is 0 Å². The largest absolute Gasteiger partial charge is 0.382 e. The van der Waals surface area contributed by atoms with Crippen LogP contribution in [0.5, 0.6) is 0 Å². The Bertz CT molecular complexity index is 273. The van der Waals surface area contributed by atoms with Crippen molar-refractivity contribution in [3.8, 4) is 0 Å². The Kier molecular flexibility index (Phi) is 3.31. The first-order chi connectivity index (χ1) is 5.59. The predicted molar refractivity (Wildman–Crippen MR) is 57.9 cm³/mol. The van der Waals surface area contributed by atoms with E-state index >= 15 is 0 Å². The van der Waals surface area contributed by atoms with E-state index in [4.69, 9.17) is 0 Å². The van der Waals surface area contributed by atoms with E-state index in [0.717, 1.165) is 9.26 Å². The minimum Gasteiger partial charge on any atom is -0.382 e. The quantitative estimate of drug-likeness (QED) is 0.819. The highest BCUT2D eigenvalue weighted by Crippen LogP contribution is 2.19. The van der Waals surface area contributed by atoms with Crippen LogP contribution in [0.2, 0.25) is 0 Å². The molecule has 1 rings (SSSR count). The van der Waals surface area contributed by atoms with Crippen LogP contribution in [0.4, 0.5) is 10.1 Å². The van der Waals surface area contributed by atoms with E-state index < -0.39 is 0 Å². The van der Waals surface area contributed by atoms with E-state index in [2.05, 4.69) is 41.8 Å². The monoisotopic (exact) mass is 279 g/mol. The molecule has 0 amide bonds. The third-order valence-electron chi connectivity index (χ3n) is 1.38. The second-order valence-corrected chi connectivity index (χ2v) is 4.09. The summed E-state index contributed by atoms with van der Waals surface area (Å²) in [5.74, 6) is -0.186. The van der Waals surface area contributed by atoms with Gasteiger partial charge in [-0.05, 0) is 54.6 Å². The Hall–Kier alpha value is -0.320. The van der Waals surface area contributed by atoms with E-state index in [1.165, 1.54) is 12.1 Å². The van der Waals surface area contributed by atoms with Gasteiger partial charge >= 0.3 is 0 Å².